The van der Waals surface area contributed by atoms with Gasteiger partial charge in [-0.1, -0.05) is 91.9 Å². The molecule has 1 aliphatic rings. The molecule has 0 aromatic carbocycles. The Labute approximate surface area is 260 Å². The summed E-state index contributed by atoms with van der Waals surface area (Å²) in [6.45, 7) is 27.1. The zero-order valence-electron chi connectivity index (χ0n) is 26.7. The van der Waals surface area contributed by atoms with Gasteiger partial charge in [0, 0.05) is 19.3 Å². The Balaban J connectivity index is 3.48. The van der Waals surface area contributed by atoms with Crippen LogP contribution in [-0.2, 0) is 18.8 Å². The number of carbonyl (C=O) groups is 2. The van der Waals surface area contributed by atoms with Crippen molar-refractivity contribution in [2.24, 2.45) is 17.3 Å². The quantitative estimate of drug-likeness (QED) is 0.0874. The van der Waals surface area contributed by atoms with Crippen LogP contribution in [0.4, 0.5) is 0 Å². The van der Waals surface area contributed by atoms with Crippen molar-refractivity contribution in [2.75, 3.05) is 0 Å². The molecule has 1 rings (SSSR count). The van der Waals surface area contributed by atoms with Gasteiger partial charge in [0.05, 0.1) is 11.5 Å². The van der Waals surface area contributed by atoms with Gasteiger partial charge in [-0.15, -0.1) is 6.58 Å². The van der Waals surface area contributed by atoms with E-state index >= 15 is 0 Å². The number of halogens is 3. The lowest BCUT2D eigenvalue weighted by Crippen LogP contribution is -2.52. The zero-order chi connectivity index (χ0) is 31.3. The molecule has 8 heteroatoms. The molecule has 0 N–H and O–H groups in total. The highest BCUT2D eigenvalue weighted by Crippen LogP contribution is 2.55. The second-order valence-corrected chi connectivity index (χ2v) is 21.0. The number of esters is 1. The van der Waals surface area contributed by atoms with Crippen molar-refractivity contribution in [3.05, 3.63) is 36.0 Å². The molecule has 5 atom stereocenters. The maximum Gasteiger partial charge on any atom is 0.302 e. The van der Waals surface area contributed by atoms with Gasteiger partial charge in [0.2, 0.25) is 3.79 Å². The van der Waals surface area contributed by atoms with Gasteiger partial charge < -0.3 is 9.16 Å². The first-order valence-electron chi connectivity index (χ1n) is 14.4. The van der Waals surface area contributed by atoms with Crippen molar-refractivity contribution in [1.29, 1.82) is 0 Å². The minimum atomic E-state index is -2.30. The van der Waals surface area contributed by atoms with E-state index in [1.54, 1.807) is 0 Å². The summed E-state index contributed by atoms with van der Waals surface area (Å²) in [5.41, 5.74) is 1.60. The number of Topliss-reactive ketones (excluding diaryl/α,β-unsaturated/α-hetero) is 1. The molecule has 0 amide bonds. The first-order valence-corrected chi connectivity index (χ1v) is 18.4. The molecular weight excluding hydrogens is 583 g/mol. The largest absolute Gasteiger partial charge is 0.462 e. The van der Waals surface area contributed by atoms with Gasteiger partial charge in [0.1, 0.15) is 6.10 Å². The van der Waals surface area contributed by atoms with Gasteiger partial charge >= 0.3 is 5.97 Å². The topological polar surface area (TPSA) is 52.6 Å². The summed E-state index contributed by atoms with van der Waals surface area (Å²) in [4.78, 5) is 25.8. The number of ether oxygens (including phenoxy) is 1. The highest BCUT2D eigenvalue weighted by atomic mass is 35.6. The van der Waals surface area contributed by atoms with Crippen LogP contribution in [0.25, 0.3) is 0 Å². The van der Waals surface area contributed by atoms with Gasteiger partial charge in [-0.3, -0.25) is 9.59 Å². The van der Waals surface area contributed by atoms with Crippen LogP contribution in [-0.4, -0.2) is 35.6 Å². The molecule has 4 nitrogen and oxygen atoms in total. The van der Waals surface area contributed by atoms with Gasteiger partial charge in [-0.2, -0.15) is 0 Å². The molecule has 0 unspecified atom stereocenters. The molecule has 0 saturated heterocycles. The molecule has 0 aromatic heterocycles. The van der Waals surface area contributed by atoms with E-state index in [9.17, 15) is 9.59 Å². The van der Waals surface area contributed by atoms with Crippen molar-refractivity contribution in [3.63, 3.8) is 0 Å². The molecule has 0 heterocycles. The monoisotopic (exact) mass is 634 g/mol. The summed E-state index contributed by atoms with van der Waals surface area (Å²) >= 11 is 18.6. The molecule has 1 aliphatic carbocycles. The normalized spacial score (nSPS) is 25.8. The van der Waals surface area contributed by atoms with Crippen LogP contribution in [0.1, 0.15) is 101 Å². The Kier molecular flexibility index (Phi) is 13.3. The number of ketones is 1. The highest BCUT2D eigenvalue weighted by Gasteiger charge is 2.61. The lowest BCUT2D eigenvalue weighted by Gasteiger charge is -2.47. The van der Waals surface area contributed by atoms with E-state index in [0.29, 0.717) is 12.8 Å². The van der Waals surface area contributed by atoms with Crippen LogP contribution in [0.2, 0.25) is 18.1 Å². The van der Waals surface area contributed by atoms with Gasteiger partial charge in [0.25, 0.3) is 0 Å². The molecule has 0 radical (unpaired) electrons. The predicted octanol–water partition coefficient (Wildman–Crippen LogP) is 10.3. The van der Waals surface area contributed by atoms with E-state index in [4.69, 9.17) is 44.0 Å². The fourth-order valence-corrected chi connectivity index (χ4v) is 7.59. The maximum absolute atomic E-state index is 13.7. The summed E-state index contributed by atoms with van der Waals surface area (Å²) in [6, 6.07) is 0. The standard InChI is InChI=1S/C32H53Cl3O4Si/c1-13-30(9,19-15-18-23(4)17-14-16-22(2)3)20-25-27(28(37)32(33,34)35)26(38-24(5)36)21-31(25,10)39-40(11,12)29(6,7)8/h13,16,18,25-27H,1,14-15,17,19-21H2,2-12H3/b23-18+/t25-,26+,27-,30+,31-/m1/s1. The van der Waals surface area contributed by atoms with Crippen molar-refractivity contribution in [3.8, 4) is 0 Å². The molecule has 0 spiro atoms. The Morgan fingerprint density at radius 2 is 1.60 bits per heavy atom. The Morgan fingerprint density at radius 1 is 1.02 bits per heavy atom. The number of hydrogen-bond donors (Lipinski definition) is 0. The lowest BCUT2D eigenvalue weighted by atomic mass is 9.70. The van der Waals surface area contributed by atoms with Crippen LogP contribution in [0.5, 0.6) is 0 Å². The molecule has 0 bridgehead atoms. The van der Waals surface area contributed by atoms with Gasteiger partial charge in [-0.25, -0.2) is 0 Å². The lowest BCUT2D eigenvalue weighted by molar-refractivity contribution is -0.150. The number of hydrogen-bond acceptors (Lipinski definition) is 4. The van der Waals surface area contributed by atoms with E-state index in [-0.39, 0.29) is 16.4 Å². The van der Waals surface area contributed by atoms with Gasteiger partial charge in [-0.05, 0) is 83.3 Å². The molecule has 40 heavy (non-hydrogen) atoms. The second kappa shape index (κ2) is 14.3. The average molecular weight is 636 g/mol. The van der Waals surface area contributed by atoms with Crippen LogP contribution >= 0.6 is 34.8 Å². The number of alkyl halides is 3. The molecular formula is C32H53Cl3O4Si. The number of carbonyl (C=O) groups excluding carboxylic acids is 2. The fourth-order valence-electron chi connectivity index (χ4n) is 5.51. The Bertz CT molecular complexity index is 972. The summed E-state index contributed by atoms with van der Waals surface area (Å²) in [5, 5.41) is -0.0651. The summed E-state index contributed by atoms with van der Waals surface area (Å²) in [7, 11) is -2.30. The van der Waals surface area contributed by atoms with E-state index in [1.807, 2.05) is 13.0 Å². The fraction of sp³-hybridized carbons (Fsp3) is 0.750. The first-order chi connectivity index (χ1) is 18.0. The smallest absolute Gasteiger partial charge is 0.302 e. The molecule has 0 aromatic rings. The average Bonchev–Trinajstić information content (AvgIpc) is 3.00. The van der Waals surface area contributed by atoms with Crippen LogP contribution in [0.15, 0.2) is 36.0 Å². The minimum Gasteiger partial charge on any atom is -0.462 e. The van der Waals surface area contributed by atoms with Crippen molar-refractivity contribution >= 4 is 54.9 Å². The third-order valence-corrected chi connectivity index (χ3v) is 14.0. The molecule has 0 aliphatic heterocycles. The zero-order valence-corrected chi connectivity index (χ0v) is 29.9. The minimum absolute atomic E-state index is 0.0651. The maximum atomic E-state index is 13.7. The highest BCUT2D eigenvalue weighted by molar-refractivity contribution is 6.76. The summed E-state index contributed by atoms with van der Waals surface area (Å²) in [6.07, 6.45) is 10.5. The Morgan fingerprint density at radius 3 is 2.05 bits per heavy atom. The van der Waals surface area contributed by atoms with E-state index < -0.39 is 41.5 Å². The van der Waals surface area contributed by atoms with Crippen molar-refractivity contribution in [1.82, 2.24) is 0 Å². The first kappa shape index (κ1) is 37.4. The predicted molar refractivity (Wildman–Crippen MR) is 174 cm³/mol. The number of rotatable bonds is 13. The van der Waals surface area contributed by atoms with Gasteiger partial charge in [0.15, 0.2) is 14.1 Å². The van der Waals surface area contributed by atoms with E-state index in [2.05, 4.69) is 80.3 Å². The molecule has 1 saturated carbocycles. The van der Waals surface area contributed by atoms with Crippen molar-refractivity contribution < 1.29 is 18.8 Å². The summed E-state index contributed by atoms with van der Waals surface area (Å²) < 4.78 is 10.7. The molecule has 230 valence electrons. The van der Waals surface area contributed by atoms with Crippen LogP contribution in [0.3, 0.4) is 0 Å². The Hall–Kier alpha value is -0.593. The van der Waals surface area contributed by atoms with Crippen LogP contribution in [0, 0.1) is 17.3 Å². The van der Waals surface area contributed by atoms with E-state index in [1.165, 1.54) is 18.1 Å². The van der Waals surface area contributed by atoms with Crippen molar-refractivity contribution in [2.45, 2.75) is 134 Å². The third-order valence-electron chi connectivity index (χ3n) is 8.90. The molecule has 1 fully saturated rings. The number of allylic oxidation sites excluding steroid dienone is 5. The third kappa shape index (κ3) is 10.6. The van der Waals surface area contributed by atoms with E-state index in [0.717, 1.165) is 25.7 Å². The SMILES string of the molecule is C=C[C@@](C)(CC/C=C(\C)CCC=C(C)C)C[C@@H]1[C@@H](C(=O)C(Cl)(Cl)Cl)[C@@H](OC(C)=O)C[C@@]1(C)O[Si](C)(C)C(C)(C)C. The van der Waals surface area contributed by atoms with Crippen LogP contribution < -0.4 is 0 Å². The summed E-state index contributed by atoms with van der Waals surface area (Å²) in [5.74, 6) is -2.19. The second-order valence-electron chi connectivity index (χ2n) is 14.0.